The molecular weight excluding hydrogens is 384 g/mol. The highest BCUT2D eigenvalue weighted by Crippen LogP contribution is 2.27. The first-order valence-corrected chi connectivity index (χ1v) is 10.9. The first-order chi connectivity index (χ1) is 14.1. The molecule has 0 aliphatic rings. The van der Waals surface area contributed by atoms with Gasteiger partial charge in [-0.15, -0.1) is 0 Å². The lowest BCUT2D eigenvalue weighted by molar-refractivity contribution is -0.149. The van der Waals surface area contributed by atoms with Gasteiger partial charge in [0.05, 0.1) is 0 Å². The van der Waals surface area contributed by atoms with E-state index in [1.807, 2.05) is 36.4 Å². The predicted molar refractivity (Wildman–Crippen MR) is 119 cm³/mol. The van der Waals surface area contributed by atoms with Crippen LogP contribution in [0.3, 0.4) is 0 Å². The zero-order valence-electron chi connectivity index (χ0n) is 16.9. The minimum absolute atomic E-state index is 0.0193. The largest absolute Gasteiger partial charge is 0.457 e. The lowest BCUT2D eigenvalue weighted by Gasteiger charge is -2.08. The van der Waals surface area contributed by atoms with Crippen molar-refractivity contribution < 1.29 is 14.3 Å². The molecule has 0 aliphatic carbocycles. The molecule has 0 saturated heterocycles. The van der Waals surface area contributed by atoms with Crippen LogP contribution in [-0.4, -0.2) is 12.8 Å². The summed E-state index contributed by atoms with van der Waals surface area (Å²) in [6, 6.07) is 15.8. The van der Waals surface area contributed by atoms with E-state index in [2.05, 4.69) is 19.1 Å². The van der Waals surface area contributed by atoms with Crippen molar-refractivity contribution >= 4 is 27.4 Å². The number of rotatable bonds is 9. The maximum absolute atomic E-state index is 12.7. The number of ether oxygens (including phenoxy) is 2. The Bertz CT molecular complexity index is 1020. The van der Waals surface area contributed by atoms with Crippen LogP contribution in [0.5, 0.6) is 5.75 Å². The van der Waals surface area contributed by atoms with Crippen molar-refractivity contribution in [2.24, 2.45) is 0 Å². The SMILES string of the molecule is CCCCCc1ccc(-c2cc3ccc(OCOC(=O)CC)cc3sc2=O)cc1. The van der Waals surface area contributed by atoms with Gasteiger partial charge in [0.1, 0.15) is 5.75 Å². The molecule has 3 rings (SSSR count). The van der Waals surface area contributed by atoms with Crippen molar-refractivity contribution in [2.75, 3.05) is 6.79 Å². The highest BCUT2D eigenvalue weighted by atomic mass is 32.1. The third kappa shape index (κ3) is 5.67. The van der Waals surface area contributed by atoms with Crippen LogP contribution >= 0.6 is 11.3 Å². The Hall–Kier alpha value is -2.66. The summed E-state index contributed by atoms with van der Waals surface area (Å²) in [4.78, 5) is 23.9. The number of carbonyl (C=O) groups excluding carboxylic acids is 1. The summed E-state index contributed by atoms with van der Waals surface area (Å²) in [5, 5.41) is 0.981. The van der Waals surface area contributed by atoms with Crippen LogP contribution in [0.15, 0.2) is 53.3 Å². The molecule has 0 saturated carbocycles. The quantitative estimate of drug-likeness (QED) is 0.248. The summed E-state index contributed by atoms with van der Waals surface area (Å²) >= 11 is 1.20. The first-order valence-electron chi connectivity index (χ1n) is 10.1. The molecule has 4 nitrogen and oxygen atoms in total. The minimum atomic E-state index is -0.309. The molecule has 0 radical (unpaired) electrons. The molecule has 0 aliphatic heterocycles. The topological polar surface area (TPSA) is 52.6 Å². The maximum Gasteiger partial charge on any atom is 0.308 e. The van der Waals surface area contributed by atoms with Crippen molar-refractivity contribution in [3.8, 4) is 16.9 Å². The van der Waals surface area contributed by atoms with Crippen LogP contribution < -0.4 is 9.48 Å². The van der Waals surface area contributed by atoms with E-state index in [0.29, 0.717) is 17.7 Å². The molecule has 0 bridgehead atoms. The van der Waals surface area contributed by atoms with Crippen LogP contribution in [0, 0.1) is 0 Å². The van der Waals surface area contributed by atoms with Gasteiger partial charge in [-0.3, -0.25) is 9.59 Å². The van der Waals surface area contributed by atoms with Crippen molar-refractivity contribution in [2.45, 2.75) is 46.0 Å². The van der Waals surface area contributed by atoms with E-state index in [-0.39, 0.29) is 17.5 Å². The lowest BCUT2D eigenvalue weighted by atomic mass is 10.0. The third-order valence-corrected chi connectivity index (χ3v) is 5.75. The van der Waals surface area contributed by atoms with E-state index in [9.17, 15) is 9.59 Å². The number of aryl methyl sites for hydroxylation is 1. The highest BCUT2D eigenvalue weighted by Gasteiger charge is 2.08. The van der Waals surface area contributed by atoms with Crippen molar-refractivity contribution in [1.82, 2.24) is 0 Å². The van der Waals surface area contributed by atoms with E-state index in [1.165, 1.54) is 36.2 Å². The molecule has 0 fully saturated rings. The molecule has 1 heterocycles. The Morgan fingerprint density at radius 1 is 1.00 bits per heavy atom. The third-order valence-electron chi connectivity index (χ3n) is 4.78. The van der Waals surface area contributed by atoms with Gasteiger partial charge in [0.2, 0.25) is 11.5 Å². The smallest absolute Gasteiger partial charge is 0.308 e. The number of fused-ring (bicyclic) bond motifs is 1. The number of unbranched alkanes of at least 4 members (excludes halogenated alkanes) is 2. The summed E-state index contributed by atoms with van der Waals surface area (Å²) in [6.45, 7) is 3.80. The van der Waals surface area contributed by atoms with Crippen molar-refractivity contribution in [1.29, 1.82) is 0 Å². The summed E-state index contributed by atoms with van der Waals surface area (Å²) < 4.78 is 11.2. The van der Waals surface area contributed by atoms with Crippen LogP contribution in [0.1, 0.15) is 45.1 Å². The normalized spacial score (nSPS) is 10.8. The van der Waals surface area contributed by atoms with E-state index in [1.54, 1.807) is 6.92 Å². The Balaban J connectivity index is 1.76. The predicted octanol–water partition coefficient (Wildman–Crippen LogP) is 5.95. The second kappa shape index (κ2) is 10.2. The van der Waals surface area contributed by atoms with Crippen molar-refractivity contribution in [3.05, 3.63) is 63.6 Å². The molecule has 5 heteroatoms. The monoisotopic (exact) mass is 410 g/mol. The molecule has 1 aromatic heterocycles. The van der Waals surface area contributed by atoms with E-state index < -0.39 is 0 Å². The lowest BCUT2D eigenvalue weighted by Crippen LogP contribution is -2.08. The average molecular weight is 411 g/mol. The fourth-order valence-electron chi connectivity index (χ4n) is 3.08. The molecule has 0 N–H and O–H groups in total. The van der Waals surface area contributed by atoms with Crippen LogP contribution in [0.25, 0.3) is 21.2 Å². The highest BCUT2D eigenvalue weighted by molar-refractivity contribution is 7.16. The van der Waals surface area contributed by atoms with Gasteiger partial charge in [-0.05, 0) is 53.6 Å². The first kappa shape index (κ1) is 21.1. The second-order valence-corrected chi connectivity index (χ2v) is 7.95. The van der Waals surface area contributed by atoms with Gasteiger partial charge < -0.3 is 9.47 Å². The Labute approximate surface area is 175 Å². The zero-order chi connectivity index (χ0) is 20.6. The Morgan fingerprint density at radius 3 is 2.52 bits per heavy atom. The molecule has 3 aromatic rings. The molecule has 0 atom stereocenters. The number of hydrogen-bond acceptors (Lipinski definition) is 5. The number of carbonyl (C=O) groups is 1. The average Bonchev–Trinajstić information content (AvgIpc) is 2.74. The van der Waals surface area contributed by atoms with Gasteiger partial charge in [-0.1, -0.05) is 62.3 Å². The molecule has 0 amide bonds. The second-order valence-electron chi connectivity index (χ2n) is 6.93. The van der Waals surface area contributed by atoms with Crippen LogP contribution in [0.4, 0.5) is 0 Å². The number of hydrogen-bond donors (Lipinski definition) is 0. The minimum Gasteiger partial charge on any atom is -0.457 e. The summed E-state index contributed by atoms with van der Waals surface area (Å²) in [7, 11) is 0. The van der Waals surface area contributed by atoms with Crippen molar-refractivity contribution in [3.63, 3.8) is 0 Å². The van der Waals surface area contributed by atoms with Gasteiger partial charge in [-0.25, -0.2) is 0 Å². The summed E-state index contributed by atoms with van der Waals surface area (Å²) in [5.74, 6) is 0.262. The van der Waals surface area contributed by atoms with Gasteiger partial charge >= 0.3 is 5.97 Å². The summed E-state index contributed by atoms with van der Waals surface area (Å²) in [6.07, 6.45) is 5.04. The number of benzene rings is 2. The standard InChI is InChI=1S/C24H26O4S/c1-3-5-6-7-17-8-10-18(11-9-17)21-14-19-12-13-20(15-22(19)29-24(21)26)27-16-28-23(25)4-2/h8-15H,3-7,16H2,1-2H3. The molecule has 29 heavy (non-hydrogen) atoms. The van der Waals surface area contributed by atoms with Gasteiger partial charge in [0, 0.05) is 16.7 Å². The van der Waals surface area contributed by atoms with Gasteiger partial charge in [0.25, 0.3) is 0 Å². The molecular formula is C24H26O4S. The van der Waals surface area contributed by atoms with Crippen LogP contribution in [-0.2, 0) is 16.0 Å². The van der Waals surface area contributed by atoms with E-state index in [0.717, 1.165) is 22.1 Å². The fraction of sp³-hybridized carbons (Fsp3) is 0.333. The Kier molecular flexibility index (Phi) is 7.42. The molecule has 0 spiro atoms. The fourth-order valence-corrected chi connectivity index (χ4v) is 3.98. The van der Waals surface area contributed by atoms with Gasteiger partial charge in [0.15, 0.2) is 0 Å². The zero-order valence-corrected chi connectivity index (χ0v) is 17.7. The number of esters is 1. The molecule has 2 aromatic carbocycles. The van der Waals surface area contributed by atoms with E-state index >= 15 is 0 Å². The van der Waals surface area contributed by atoms with Crippen LogP contribution in [0.2, 0.25) is 0 Å². The summed E-state index contributed by atoms with van der Waals surface area (Å²) in [5.41, 5.74) is 2.97. The molecule has 0 unspecified atom stereocenters. The maximum atomic E-state index is 12.7. The van der Waals surface area contributed by atoms with Gasteiger partial charge in [-0.2, -0.15) is 0 Å². The molecule has 152 valence electrons. The Morgan fingerprint density at radius 2 is 1.79 bits per heavy atom. The van der Waals surface area contributed by atoms with E-state index in [4.69, 9.17) is 9.47 Å².